The van der Waals surface area contributed by atoms with Crippen molar-refractivity contribution in [1.29, 1.82) is 5.39 Å². The molecule has 37 heavy (non-hydrogen) atoms. The summed E-state index contributed by atoms with van der Waals surface area (Å²) < 4.78 is 30.1. The molecule has 194 valence electrons. The van der Waals surface area contributed by atoms with Crippen LogP contribution in [0, 0.1) is 16.7 Å². The van der Waals surface area contributed by atoms with Gasteiger partial charge >= 0.3 is 5.69 Å². The summed E-state index contributed by atoms with van der Waals surface area (Å²) >= 11 is 0. The number of nitrogens with zero attached hydrogens (tertiary/aromatic N) is 2. The number of hydrogen-bond acceptors (Lipinski definition) is 4. The molecular formula is C30H36N3O3S+. The summed E-state index contributed by atoms with van der Waals surface area (Å²) in [4.78, 5) is 3.19. The molecule has 0 radical (unpaired) electrons. The molecule has 0 aliphatic heterocycles. The first-order chi connectivity index (χ1) is 17.5. The normalized spacial score (nSPS) is 25.5. The van der Waals surface area contributed by atoms with E-state index in [1.165, 1.54) is 22.8 Å². The minimum atomic E-state index is -3.85. The maximum absolute atomic E-state index is 13.6. The second-order valence-electron chi connectivity index (χ2n) is 11.8. The first-order valence-corrected chi connectivity index (χ1v) is 14.7. The van der Waals surface area contributed by atoms with Crippen LogP contribution >= 0.6 is 0 Å². The predicted octanol–water partition coefficient (Wildman–Crippen LogP) is 7.14. The van der Waals surface area contributed by atoms with Crippen molar-refractivity contribution in [3.63, 3.8) is 0 Å². The van der Waals surface area contributed by atoms with Crippen molar-refractivity contribution in [1.82, 2.24) is 4.72 Å². The molecular weight excluding hydrogens is 482 g/mol. The Balaban J connectivity index is 1.45. The summed E-state index contributed by atoms with van der Waals surface area (Å²) in [6.45, 7) is 9.46. The third-order valence-corrected chi connectivity index (χ3v) is 10.7. The van der Waals surface area contributed by atoms with Crippen molar-refractivity contribution in [3.8, 4) is 5.75 Å². The van der Waals surface area contributed by atoms with Gasteiger partial charge in [0.05, 0.1) is 4.90 Å². The van der Waals surface area contributed by atoms with Gasteiger partial charge in [-0.3, -0.25) is 0 Å². The predicted molar refractivity (Wildman–Crippen MR) is 147 cm³/mol. The van der Waals surface area contributed by atoms with E-state index in [-0.39, 0.29) is 27.2 Å². The van der Waals surface area contributed by atoms with Crippen LogP contribution < -0.4 is 4.72 Å². The highest BCUT2D eigenvalue weighted by Gasteiger charge is 2.51. The van der Waals surface area contributed by atoms with Crippen LogP contribution in [0.2, 0.25) is 0 Å². The number of aromatic hydroxyl groups is 1. The Morgan fingerprint density at radius 3 is 2.62 bits per heavy atom. The van der Waals surface area contributed by atoms with Crippen molar-refractivity contribution in [2.24, 2.45) is 11.3 Å². The summed E-state index contributed by atoms with van der Waals surface area (Å²) in [5.74, 6) is 0.634. The molecule has 3 aromatic rings. The highest BCUT2D eigenvalue weighted by molar-refractivity contribution is 7.89. The first-order valence-electron chi connectivity index (χ1n) is 13.2. The van der Waals surface area contributed by atoms with E-state index in [1.54, 1.807) is 24.3 Å². The van der Waals surface area contributed by atoms with E-state index < -0.39 is 10.0 Å². The van der Waals surface area contributed by atoms with Crippen LogP contribution in [0.5, 0.6) is 5.75 Å². The molecule has 2 aliphatic carbocycles. The molecule has 6 nitrogen and oxygen atoms in total. The van der Waals surface area contributed by atoms with Gasteiger partial charge < -0.3 is 5.11 Å². The van der Waals surface area contributed by atoms with Crippen molar-refractivity contribution in [2.75, 3.05) is 6.54 Å². The zero-order valence-corrected chi connectivity index (χ0v) is 22.9. The second-order valence-corrected chi connectivity index (χ2v) is 13.5. The summed E-state index contributed by atoms with van der Waals surface area (Å²) in [5.41, 5.74) is 4.13. The molecule has 5 rings (SSSR count). The zero-order valence-electron chi connectivity index (χ0n) is 22.1. The number of fused-ring (bicyclic) bond motifs is 4. The van der Waals surface area contributed by atoms with Crippen molar-refractivity contribution >= 4 is 26.5 Å². The first kappa shape index (κ1) is 25.7. The summed E-state index contributed by atoms with van der Waals surface area (Å²) in [5, 5.41) is 20.3. The fourth-order valence-corrected chi connectivity index (χ4v) is 8.57. The Morgan fingerprint density at radius 2 is 1.89 bits per heavy atom. The van der Waals surface area contributed by atoms with Gasteiger partial charge in [0.1, 0.15) is 0 Å². The molecule has 3 unspecified atom stereocenters. The monoisotopic (exact) mass is 518 g/mol. The molecule has 0 aromatic heterocycles. The molecule has 1 fully saturated rings. The number of aryl methyl sites for hydroxylation is 1. The lowest BCUT2D eigenvalue weighted by atomic mass is 9.50. The number of benzene rings is 3. The van der Waals surface area contributed by atoms with E-state index in [2.05, 4.69) is 55.6 Å². The molecule has 0 bridgehead atoms. The summed E-state index contributed by atoms with van der Waals surface area (Å²) in [6.07, 6.45) is 5.24. The van der Waals surface area contributed by atoms with Gasteiger partial charge in [-0.2, -0.15) is 0 Å². The molecule has 3 atom stereocenters. The van der Waals surface area contributed by atoms with E-state index in [9.17, 15) is 13.5 Å². The third kappa shape index (κ3) is 4.20. The quantitative estimate of drug-likeness (QED) is 0.351. The molecule has 7 heteroatoms. The summed E-state index contributed by atoms with van der Waals surface area (Å²) in [6, 6.07) is 14.8. The van der Waals surface area contributed by atoms with Gasteiger partial charge in [0.2, 0.25) is 21.2 Å². The lowest BCUT2D eigenvalue weighted by molar-refractivity contribution is 0.0299. The average Bonchev–Trinajstić information content (AvgIpc) is 2.87. The fourth-order valence-electron chi connectivity index (χ4n) is 7.17. The SMILES string of the molecule is CC(C)c1ccc2c(c1)CCC1C(C)(CNS(=O)(=O)c3cccc4c(O)c([N+]#N)ccc34)CCCC21C. The van der Waals surface area contributed by atoms with Crippen molar-refractivity contribution in [3.05, 3.63) is 70.2 Å². The second kappa shape index (κ2) is 9.11. The highest BCUT2D eigenvalue weighted by atomic mass is 32.2. The van der Waals surface area contributed by atoms with Crippen molar-refractivity contribution < 1.29 is 13.5 Å². The lowest BCUT2D eigenvalue weighted by Gasteiger charge is -2.55. The van der Waals surface area contributed by atoms with Crippen LogP contribution in [-0.2, 0) is 21.9 Å². The Labute approximate surface area is 219 Å². The van der Waals surface area contributed by atoms with Crippen LogP contribution in [0.15, 0.2) is 53.4 Å². The molecule has 2 N–H and O–H groups in total. The van der Waals surface area contributed by atoms with Gasteiger partial charge in [-0.1, -0.05) is 64.4 Å². The zero-order chi connectivity index (χ0) is 26.6. The van der Waals surface area contributed by atoms with Gasteiger partial charge in [-0.05, 0) is 77.2 Å². The maximum atomic E-state index is 13.6. The van der Waals surface area contributed by atoms with Gasteiger partial charge in [0.15, 0.2) is 4.98 Å². The molecule has 3 aromatic carbocycles. The number of hydrogen-bond donors (Lipinski definition) is 2. The van der Waals surface area contributed by atoms with Crippen LogP contribution in [0.1, 0.15) is 76.0 Å². The van der Waals surface area contributed by atoms with Gasteiger partial charge in [-0.15, -0.1) is 0 Å². The number of sulfonamides is 1. The molecule has 0 spiro atoms. The third-order valence-electron chi connectivity index (χ3n) is 9.20. The largest absolute Gasteiger partial charge is 0.501 e. The molecule has 0 amide bonds. The van der Waals surface area contributed by atoms with Crippen LogP contribution in [0.3, 0.4) is 0 Å². The number of phenols is 1. The van der Waals surface area contributed by atoms with E-state index in [1.807, 2.05) is 0 Å². The molecule has 2 aliphatic rings. The molecule has 0 heterocycles. The average molecular weight is 519 g/mol. The minimum Gasteiger partial charge on any atom is -0.501 e. The van der Waals surface area contributed by atoms with Gasteiger partial charge in [-0.25, -0.2) is 13.1 Å². The van der Waals surface area contributed by atoms with Crippen LogP contribution in [-0.4, -0.2) is 20.1 Å². The van der Waals surface area contributed by atoms with Crippen LogP contribution in [0.4, 0.5) is 5.69 Å². The molecule has 1 saturated carbocycles. The number of diazo groups is 1. The standard InChI is InChI=1S/C30H35N3O3S/c1-19(2)20-9-12-24-21(17-20)10-14-27-29(3,15-6-16-30(24,27)4)18-32-37(35,36)26-8-5-7-23-22(26)11-13-25(33-31)28(23)34/h5,7-9,11-13,17,19,27,32H,6,10,14-16,18H2,1-4H3/p+1. The van der Waals surface area contributed by atoms with E-state index in [0.717, 1.165) is 32.1 Å². The van der Waals surface area contributed by atoms with Gasteiger partial charge in [0.25, 0.3) is 0 Å². The lowest BCUT2D eigenvalue weighted by Crippen LogP contribution is -2.53. The Hall–Kier alpha value is -2.95. The maximum Gasteiger partial charge on any atom is 0.426 e. The fraction of sp³-hybridized carbons (Fsp3) is 0.467. The Kier molecular flexibility index (Phi) is 6.32. The smallest absolute Gasteiger partial charge is 0.426 e. The van der Waals surface area contributed by atoms with Gasteiger partial charge in [0, 0.05) is 23.4 Å². The topological polar surface area (TPSA) is 94.6 Å². The Morgan fingerprint density at radius 1 is 1.11 bits per heavy atom. The van der Waals surface area contributed by atoms with E-state index >= 15 is 0 Å². The highest BCUT2D eigenvalue weighted by Crippen LogP contribution is 2.57. The molecule has 0 saturated heterocycles. The van der Waals surface area contributed by atoms with Crippen LogP contribution in [0.25, 0.3) is 15.7 Å². The number of phenolic OH excluding ortho intramolecular Hbond substituents is 1. The Bertz CT molecular complexity index is 1530. The van der Waals surface area contributed by atoms with E-state index in [0.29, 0.717) is 29.2 Å². The number of rotatable bonds is 5. The number of nitrogens with one attached hydrogen (secondary N) is 1. The van der Waals surface area contributed by atoms with E-state index in [4.69, 9.17) is 5.39 Å². The summed E-state index contributed by atoms with van der Waals surface area (Å²) in [7, 11) is -3.85. The minimum absolute atomic E-state index is 0.00195. The van der Waals surface area contributed by atoms with Crippen molar-refractivity contribution in [2.45, 2.75) is 76.0 Å².